The van der Waals surface area contributed by atoms with Gasteiger partial charge in [-0.2, -0.15) is 9.78 Å². The molecule has 0 aliphatic carbocycles. The highest BCUT2D eigenvalue weighted by atomic mass is 32.2. The Bertz CT molecular complexity index is 740. The van der Waals surface area contributed by atoms with Gasteiger partial charge in [0.2, 0.25) is 5.88 Å². The van der Waals surface area contributed by atoms with E-state index in [2.05, 4.69) is 15.4 Å². The highest BCUT2D eigenvalue weighted by molar-refractivity contribution is 7.91. The van der Waals surface area contributed by atoms with Gasteiger partial charge in [0, 0.05) is 25.5 Å². The molecule has 7 nitrogen and oxygen atoms in total. The van der Waals surface area contributed by atoms with Crippen LogP contribution in [0.5, 0.6) is 5.88 Å². The molecule has 0 spiro atoms. The monoisotopic (exact) mass is 294 g/mol. The van der Waals surface area contributed by atoms with Crippen LogP contribution in [0.4, 0.5) is 0 Å². The molecule has 0 radical (unpaired) electrons. The molecule has 0 aromatic carbocycles. The Labute approximate surface area is 116 Å². The number of nitrogens with one attached hydrogen (secondary N) is 1. The topological polar surface area (TPSA) is 97.1 Å². The summed E-state index contributed by atoms with van der Waals surface area (Å²) < 4.78 is 25.0. The zero-order chi connectivity index (χ0) is 14.3. The second kappa shape index (κ2) is 4.57. The zero-order valence-corrected chi connectivity index (χ0v) is 11.6. The first-order valence-corrected chi connectivity index (χ1v) is 8.05. The smallest absolute Gasteiger partial charge is 0.220 e. The zero-order valence-electron chi connectivity index (χ0n) is 10.8. The largest absolute Gasteiger partial charge is 0.493 e. The quantitative estimate of drug-likeness (QED) is 0.819. The average Bonchev–Trinajstić information content (AvgIpc) is 2.76. The van der Waals surface area contributed by atoms with Crippen LogP contribution in [0.2, 0.25) is 0 Å². The molecule has 3 rings (SSSR count). The van der Waals surface area contributed by atoms with Gasteiger partial charge in [0.1, 0.15) is 5.25 Å². The van der Waals surface area contributed by atoms with Gasteiger partial charge in [-0.1, -0.05) is 6.07 Å². The van der Waals surface area contributed by atoms with Crippen LogP contribution in [0.1, 0.15) is 16.5 Å². The highest BCUT2D eigenvalue weighted by Gasteiger charge is 2.35. The molecule has 1 aliphatic rings. The lowest BCUT2D eigenvalue weighted by Gasteiger charge is -2.20. The van der Waals surface area contributed by atoms with Gasteiger partial charge in [0.05, 0.1) is 11.3 Å². The van der Waals surface area contributed by atoms with Crippen molar-refractivity contribution >= 4 is 9.84 Å². The summed E-state index contributed by atoms with van der Waals surface area (Å²) in [6, 6.07) is 5.22. The van der Waals surface area contributed by atoms with Crippen LogP contribution in [-0.2, 0) is 16.4 Å². The molecular weight excluding hydrogens is 280 g/mol. The summed E-state index contributed by atoms with van der Waals surface area (Å²) in [6.07, 6.45) is 2.74. The van der Waals surface area contributed by atoms with Crippen LogP contribution in [-0.4, -0.2) is 41.1 Å². The van der Waals surface area contributed by atoms with E-state index in [-0.39, 0.29) is 12.4 Å². The van der Waals surface area contributed by atoms with E-state index in [1.807, 2.05) is 0 Å². The number of hydrogen-bond donors (Lipinski definition) is 2. The van der Waals surface area contributed by atoms with Crippen molar-refractivity contribution in [2.75, 3.05) is 12.8 Å². The van der Waals surface area contributed by atoms with E-state index in [1.165, 1.54) is 4.68 Å². The molecule has 0 fully saturated rings. The maximum atomic E-state index is 11.8. The summed E-state index contributed by atoms with van der Waals surface area (Å²) in [5.74, 6) is 0.294. The molecule has 106 valence electrons. The van der Waals surface area contributed by atoms with E-state index in [1.54, 1.807) is 24.4 Å². The summed E-state index contributed by atoms with van der Waals surface area (Å²) in [5, 5.41) is 16.8. The Morgan fingerprint density at radius 3 is 2.90 bits per heavy atom. The summed E-state index contributed by atoms with van der Waals surface area (Å²) in [5.41, 5.74) is 0.909. The molecule has 1 unspecified atom stereocenters. The van der Waals surface area contributed by atoms with Crippen LogP contribution in [0.25, 0.3) is 5.82 Å². The van der Waals surface area contributed by atoms with E-state index >= 15 is 0 Å². The summed E-state index contributed by atoms with van der Waals surface area (Å²) in [4.78, 5) is 4.11. The Balaban J connectivity index is 2.17. The molecule has 0 saturated heterocycles. The third-order valence-electron chi connectivity index (χ3n) is 3.30. The van der Waals surface area contributed by atoms with Gasteiger partial charge in [-0.15, -0.1) is 0 Å². The SMILES string of the molecule is CS(=O)(=O)C1CNCc2nn(-c3ccccn3)c(O)c21. The first-order chi connectivity index (χ1) is 9.48. The standard InChI is InChI=1S/C12H14N4O3S/c1-20(18,19)9-7-13-6-8-11(9)12(17)16(15-8)10-4-2-3-5-14-10/h2-5,9,13,17H,6-7H2,1H3. The lowest BCUT2D eigenvalue weighted by atomic mass is 10.1. The molecule has 2 N–H and O–H groups in total. The fourth-order valence-corrected chi connectivity index (χ4v) is 3.44. The summed E-state index contributed by atoms with van der Waals surface area (Å²) >= 11 is 0. The molecule has 2 aromatic heterocycles. The molecule has 0 amide bonds. The number of rotatable bonds is 2. The van der Waals surface area contributed by atoms with Gasteiger partial charge in [-0.05, 0) is 12.1 Å². The van der Waals surface area contributed by atoms with Crippen molar-refractivity contribution in [2.45, 2.75) is 11.8 Å². The van der Waals surface area contributed by atoms with E-state index in [4.69, 9.17) is 0 Å². The van der Waals surface area contributed by atoms with Gasteiger partial charge in [-0.25, -0.2) is 13.4 Å². The van der Waals surface area contributed by atoms with Gasteiger partial charge >= 0.3 is 0 Å². The lowest BCUT2D eigenvalue weighted by Crippen LogP contribution is -2.31. The maximum Gasteiger partial charge on any atom is 0.220 e. The fourth-order valence-electron chi connectivity index (χ4n) is 2.35. The minimum Gasteiger partial charge on any atom is -0.493 e. The van der Waals surface area contributed by atoms with E-state index in [9.17, 15) is 13.5 Å². The third kappa shape index (κ3) is 2.06. The van der Waals surface area contributed by atoms with Gasteiger partial charge in [-0.3, -0.25) is 0 Å². The molecule has 3 heterocycles. The molecule has 0 bridgehead atoms. The van der Waals surface area contributed by atoms with Crippen molar-refractivity contribution in [3.8, 4) is 11.7 Å². The molecule has 20 heavy (non-hydrogen) atoms. The van der Waals surface area contributed by atoms with Crippen LogP contribution in [0.3, 0.4) is 0 Å². The molecule has 2 aromatic rings. The van der Waals surface area contributed by atoms with Crippen LogP contribution >= 0.6 is 0 Å². The maximum absolute atomic E-state index is 11.8. The number of aromatic hydroxyl groups is 1. The van der Waals surface area contributed by atoms with Crippen LogP contribution in [0, 0.1) is 0 Å². The second-order valence-electron chi connectivity index (χ2n) is 4.73. The van der Waals surface area contributed by atoms with Gasteiger partial charge in [0.15, 0.2) is 15.7 Å². The van der Waals surface area contributed by atoms with Gasteiger partial charge < -0.3 is 10.4 Å². The van der Waals surface area contributed by atoms with Crippen LogP contribution in [0.15, 0.2) is 24.4 Å². The van der Waals surface area contributed by atoms with Crippen LogP contribution < -0.4 is 5.32 Å². The molecule has 1 atom stereocenters. The predicted octanol–water partition coefficient (Wildman–Crippen LogP) is 0.162. The number of fused-ring (bicyclic) bond motifs is 1. The number of pyridine rings is 1. The van der Waals surface area contributed by atoms with Crippen molar-refractivity contribution in [3.63, 3.8) is 0 Å². The summed E-state index contributed by atoms with van der Waals surface area (Å²) in [7, 11) is -3.33. The molecule has 1 aliphatic heterocycles. The van der Waals surface area contributed by atoms with E-state index in [0.29, 0.717) is 23.6 Å². The van der Waals surface area contributed by atoms with Crippen molar-refractivity contribution in [1.29, 1.82) is 0 Å². The molecular formula is C12H14N4O3S. The van der Waals surface area contributed by atoms with Crippen molar-refractivity contribution in [3.05, 3.63) is 35.7 Å². The molecule has 0 saturated carbocycles. The van der Waals surface area contributed by atoms with Crippen molar-refractivity contribution in [2.24, 2.45) is 0 Å². The Kier molecular flexibility index (Phi) is 2.98. The fraction of sp³-hybridized carbons (Fsp3) is 0.333. The Morgan fingerprint density at radius 2 is 2.25 bits per heavy atom. The number of nitrogens with zero attached hydrogens (tertiary/aromatic N) is 3. The summed E-state index contributed by atoms with van der Waals surface area (Å²) in [6.45, 7) is 0.696. The van der Waals surface area contributed by atoms with Crippen molar-refractivity contribution in [1.82, 2.24) is 20.1 Å². The molecule has 8 heteroatoms. The first kappa shape index (κ1) is 13.1. The highest BCUT2D eigenvalue weighted by Crippen LogP contribution is 2.35. The van der Waals surface area contributed by atoms with E-state index < -0.39 is 15.1 Å². The number of aromatic nitrogens is 3. The number of hydrogen-bond acceptors (Lipinski definition) is 6. The third-order valence-corrected chi connectivity index (χ3v) is 4.74. The minimum absolute atomic E-state index is 0.157. The van der Waals surface area contributed by atoms with Gasteiger partial charge in [0.25, 0.3) is 0 Å². The second-order valence-corrected chi connectivity index (χ2v) is 6.96. The average molecular weight is 294 g/mol. The normalized spacial score (nSPS) is 18.8. The minimum atomic E-state index is -3.33. The Hall–Kier alpha value is -1.93. The Morgan fingerprint density at radius 1 is 1.45 bits per heavy atom. The lowest BCUT2D eigenvalue weighted by molar-refractivity contribution is 0.424. The predicted molar refractivity (Wildman–Crippen MR) is 72.3 cm³/mol. The van der Waals surface area contributed by atoms with E-state index in [0.717, 1.165) is 6.26 Å². The van der Waals surface area contributed by atoms with Crippen molar-refractivity contribution < 1.29 is 13.5 Å². The number of sulfone groups is 1. The first-order valence-electron chi connectivity index (χ1n) is 6.10.